The molecule has 20 heavy (non-hydrogen) atoms. The Morgan fingerprint density at radius 3 is 2.35 bits per heavy atom. The largest absolute Gasteiger partial charge is 0.307 e. The molecule has 2 fully saturated rings. The summed E-state index contributed by atoms with van der Waals surface area (Å²) in [6, 6.07) is 9.29. The number of nitrogens with one attached hydrogen (secondary N) is 1. The summed E-state index contributed by atoms with van der Waals surface area (Å²) >= 11 is 5.98. The van der Waals surface area contributed by atoms with Crippen LogP contribution in [0.25, 0.3) is 0 Å². The molecule has 0 spiro atoms. The summed E-state index contributed by atoms with van der Waals surface area (Å²) < 4.78 is 0. The fourth-order valence-corrected chi connectivity index (χ4v) is 4.73. The van der Waals surface area contributed by atoms with E-state index in [9.17, 15) is 0 Å². The van der Waals surface area contributed by atoms with Crippen molar-refractivity contribution in [2.45, 2.75) is 59.0 Å². The van der Waals surface area contributed by atoms with E-state index in [0.717, 1.165) is 10.9 Å². The lowest BCUT2D eigenvalue weighted by molar-refractivity contribution is 0.116. The molecule has 0 radical (unpaired) electrons. The standard InChI is InChI=1S/C18H26ClN/c1-12(13-5-7-15(19)8-6-13)20-16-11-14-9-10-18(16,4)17(14,2)3/h5-8,12,14,16,20H,9-11H2,1-4H3/t12-,14?,16?,18?/m0/s1. The van der Waals surface area contributed by atoms with Crippen molar-refractivity contribution in [3.63, 3.8) is 0 Å². The minimum Gasteiger partial charge on any atom is -0.307 e. The Bertz CT molecular complexity index is 493. The first-order chi connectivity index (χ1) is 9.34. The van der Waals surface area contributed by atoms with Gasteiger partial charge in [0, 0.05) is 17.1 Å². The van der Waals surface area contributed by atoms with Crippen molar-refractivity contribution in [2.24, 2.45) is 16.7 Å². The van der Waals surface area contributed by atoms with Crippen LogP contribution in [0.4, 0.5) is 0 Å². The van der Waals surface area contributed by atoms with Crippen molar-refractivity contribution >= 4 is 11.6 Å². The molecule has 0 aromatic heterocycles. The Labute approximate surface area is 128 Å². The zero-order valence-corrected chi connectivity index (χ0v) is 13.8. The van der Waals surface area contributed by atoms with Crippen molar-refractivity contribution in [2.75, 3.05) is 0 Å². The normalized spacial score (nSPS) is 36.2. The molecule has 110 valence electrons. The highest BCUT2D eigenvalue weighted by molar-refractivity contribution is 6.30. The van der Waals surface area contributed by atoms with Crippen LogP contribution in [0.15, 0.2) is 24.3 Å². The molecule has 0 heterocycles. The Morgan fingerprint density at radius 1 is 1.20 bits per heavy atom. The first-order valence-corrected chi connectivity index (χ1v) is 8.24. The van der Waals surface area contributed by atoms with Crippen LogP contribution in [0.3, 0.4) is 0 Å². The number of halogens is 1. The van der Waals surface area contributed by atoms with Gasteiger partial charge in [-0.1, -0.05) is 44.5 Å². The zero-order valence-electron chi connectivity index (χ0n) is 13.0. The topological polar surface area (TPSA) is 12.0 Å². The lowest BCUT2D eigenvalue weighted by Crippen LogP contribution is -2.45. The second kappa shape index (κ2) is 4.74. The Kier molecular flexibility index (Phi) is 3.42. The van der Waals surface area contributed by atoms with Gasteiger partial charge in [-0.3, -0.25) is 0 Å². The number of rotatable bonds is 3. The fourth-order valence-electron chi connectivity index (χ4n) is 4.61. The molecule has 3 unspecified atom stereocenters. The van der Waals surface area contributed by atoms with Crippen LogP contribution in [0.1, 0.15) is 58.6 Å². The molecule has 0 aliphatic heterocycles. The third-order valence-electron chi connectivity index (χ3n) is 6.62. The highest BCUT2D eigenvalue weighted by Crippen LogP contribution is 2.65. The van der Waals surface area contributed by atoms with Crippen molar-refractivity contribution in [1.29, 1.82) is 0 Å². The highest BCUT2D eigenvalue weighted by atomic mass is 35.5. The zero-order chi connectivity index (χ0) is 14.5. The predicted octanol–water partition coefficient (Wildman–Crippen LogP) is 5.21. The third kappa shape index (κ3) is 2.02. The van der Waals surface area contributed by atoms with Crippen molar-refractivity contribution in [1.82, 2.24) is 5.32 Å². The number of benzene rings is 1. The van der Waals surface area contributed by atoms with Crippen LogP contribution in [-0.4, -0.2) is 6.04 Å². The monoisotopic (exact) mass is 291 g/mol. The molecule has 1 nitrogen and oxygen atoms in total. The van der Waals surface area contributed by atoms with Crippen LogP contribution in [0, 0.1) is 16.7 Å². The lowest BCUT2D eigenvalue weighted by atomic mass is 9.69. The Morgan fingerprint density at radius 2 is 1.85 bits per heavy atom. The molecule has 2 heteroatoms. The minimum absolute atomic E-state index is 0.393. The number of fused-ring (bicyclic) bond motifs is 2. The lowest BCUT2D eigenvalue weighted by Gasteiger charge is -2.40. The molecular weight excluding hydrogens is 266 g/mol. The number of hydrogen-bond acceptors (Lipinski definition) is 1. The van der Waals surface area contributed by atoms with E-state index in [0.29, 0.717) is 22.9 Å². The molecule has 2 bridgehead atoms. The van der Waals surface area contributed by atoms with Gasteiger partial charge in [-0.05, 0) is 60.6 Å². The molecule has 1 aromatic carbocycles. The van der Waals surface area contributed by atoms with E-state index in [1.54, 1.807) is 0 Å². The SMILES string of the molecule is C[C@H](NC1CC2CCC1(C)C2(C)C)c1ccc(Cl)cc1. The van der Waals surface area contributed by atoms with E-state index in [1.807, 2.05) is 12.1 Å². The van der Waals surface area contributed by atoms with Crippen LogP contribution in [0.5, 0.6) is 0 Å². The second-order valence-electron chi connectivity index (χ2n) is 7.60. The second-order valence-corrected chi connectivity index (χ2v) is 8.04. The van der Waals surface area contributed by atoms with Gasteiger partial charge >= 0.3 is 0 Å². The average Bonchev–Trinajstić information content (AvgIpc) is 2.72. The fraction of sp³-hybridized carbons (Fsp3) is 0.667. The highest BCUT2D eigenvalue weighted by Gasteiger charge is 2.61. The van der Waals surface area contributed by atoms with Gasteiger partial charge in [-0.2, -0.15) is 0 Å². The summed E-state index contributed by atoms with van der Waals surface area (Å²) in [6.07, 6.45) is 4.12. The number of hydrogen-bond donors (Lipinski definition) is 1. The van der Waals surface area contributed by atoms with Gasteiger partial charge in [0.25, 0.3) is 0 Å². The molecule has 1 N–H and O–H groups in total. The first-order valence-electron chi connectivity index (χ1n) is 7.86. The third-order valence-corrected chi connectivity index (χ3v) is 6.87. The van der Waals surface area contributed by atoms with E-state index in [4.69, 9.17) is 11.6 Å². The average molecular weight is 292 g/mol. The van der Waals surface area contributed by atoms with Crippen molar-refractivity contribution in [3.8, 4) is 0 Å². The van der Waals surface area contributed by atoms with Crippen molar-refractivity contribution < 1.29 is 0 Å². The van der Waals surface area contributed by atoms with Gasteiger partial charge in [-0.25, -0.2) is 0 Å². The summed E-state index contributed by atoms with van der Waals surface area (Å²) in [5.74, 6) is 0.891. The van der Waals surface area contributed by atoms with Gasteiger partial charge in [0.05, 0.1) is 0 Å². The summed E-state index contributed by atoms with van der Waals surface area (Å²) in [7, 11) is 0. The van der Waals surface area contributed by atoms with Crippen LogP contribution in [-0.2, 0) is 0 Å². The summed E-state index contributed by atoms with van der Waals surface area (Å²) in [5, 5.41) is 4.71. The van der Waals surface area contributed by atoms with E-state index < -0.39 is 0 Å². The maximum absolute atomic E-state index is 5.98. The quantitative estimate of drug-likeness (QED) is 0.806. The molecule has 2 saturated carbocycles. The van der Waals surface area contributed by atoms with Crippen molar-refractivity contribution in [3.05, 3.63) is 34.9 Å². The molecular formula is C18H26ClN. The van der Waals surface area contributed by atoms with Gasteiger partial charge in [0.15, 0.2) is 0 Å². The molecule has 3 rings (SSSR count). The maximum Gasteiger partial charge on any atom is 0.0406 e. The molecule has 4 atom stereocenters. The van der Waals surface area contributed by atoms with Gasteiger partial charge in [0.1, 0.15) is 0 Å². The molecule has 1 aromatic rings. The predicted molar refractivity (Wildman–Crippen MR) is 86.0 cm³/mol. The molecule has 2 aliphatic rings. The van der Waals surface area contributed by atoms with Gasteiger partial charge in [0.2, 0.25) is 0 Å². The van der Waals surface area contributed by atoms with E-state index in [2.05, 4.69) is 45.1 Å². The van der Waals surface area contributed by atoms with Crippen LogP contribution >= 0.6 is 11.6 Å². The Balaban J connectivity index is 1.75. The molecule has 0 amide bonds. The van der Waals surface area contributed by atoms with Gasteiger partial charge < -0.3 is 5.32 Å². The van der Waals surface area contributed by atoms with Crippen LogP contribution in [0.2, 0.25) is 5.02 Å². The summed E-state index contributed by atoms with van der Waals surface area (Å²) in [6.45, 7) is 9.70. The summed E-state index contributed by atoms with van der Waals surface area (Å²) in [4.78, 5) is 0. The molecule has 0 saturated heterocycles. The first kappa shape index (κ1) is 14.4. The van der Waals surface area contributed by atoms with E-state index in [-0.39, 0.29) is 0 Å². The summed E-state index contributed by atoms with van der Waals surface area (Å²) in [5.41, 5.74) is 2.25. The molecule has 2 aliphatic carbocycles. The smallest absolute Gasteiger partial charge is 0.0406 e. The van der Waals surface area contributed by atoms with E-state index in [1.165, 1.54) is 24.8 Å². The van der Waals surface area contributed by atoms with Crippen LogP contribution < -0.4 is 5.32 Å². The van der Waals surface area contributed by atoms with E-state index >= 15 is 0 Å². The van der Waals surface area contributed by atoms with Gasteiger partial charge in [-0.15, -0.1) is 0 Å². The minimum atomic E-state index is 0.393. The Hall–Kier alpha value is -0.530. The maximum atomic E-state index is 5.98.